The molecule has 0 aliphatic heterocycles. The lowest BCUT2D eigenvalue weighted by Crippen LogP contribution is -2.39. The summed E-state index contributed by atoms with van der Waals surface area (Å²) in [5.41, 5.74) is 3.85. The largest absolute Gasteiger partial charge is 0.388 e. The average molecular weight is 431 g/mol. The van der Waals surface area contributed by atoms with E-state index in [1.54, 1.807) is 5.57 Å². The normalized spacial score (nSPS) is 37.6. The zero-order valence-corrected chi connectivity index (χ0v) is 20.8. The molecule has 3 saturated carbocycles. The van der Waals surface area contributed by atoms with Gasteiger partial charge in [0.2, 0.25) is 0 Å². The fourth-order valence-electron chi connectivity index (χ4n) is 6.14. The van der Waals surface area contributed by atoms with E-state index < -0.39 is 12.2 Å². The standard InChI is InChI=1S/C28H46O3/c1-18(27(4,5)6)17-31-20(3)23-12-13-24-22(9-8-14-28(23,24)7)11-10-21-15-25(29)19(2)26(30)16-21/h10-11,18,20,23-26,29-30H,2,8-9,12-17H2,1,3-7H3/b22-11+/t18-,20+,23?,24?,25+,26+,28?/m0/s1. The highest BCUT2D eigenvalue weighted by Gasteiger charge is 2.51. The van der Waals surface area contributed by atoms with Crippen LogP contribution in [0, 0.1) is 28.6 Å². The molecule has 3 unspecified atom stereocenters. The van der Waals surface area contributed by atoms with Crippen molar-refractivity contribution in [2.45, 2.75) is 105 Å². The van der Waals surface area contributed by atoms with Crippen LogP contribution in [0.5, 0.6) is 0 Å². The molecule has 3 aliphatic rings. The summed E-state index contributed by atoms with van der Waals surface area (Å²) < 4.78 is 6.46. The summed E-state index contributed by atoms with van der Waals surface area (Å²) in [4.78, 5) is 0. The molecule has 7 atom stereocenters. The molecule has 0 aromatic rings. The monoisotopic (exact) mass is 430 g/mol. The first kappa shape index (κ1) is 24.7. The molecule has 0 bridgehead atoms. The second-order valence-corrected chi connectivity index (χ2v) is 12.0. The summed E-state index contributed by atoms with van der Waals surface area (Å²) >= 11 is 0. The van der Waals surface area contributed by atoms with Crippen molar-refractivity contribution >= 4 is 0 Å². The van der Waals surface area contributed by atoms with Gasteiger partial charge in [-0.3, -0.25) is 0 Å². The maximum absolute atomic E-state index is 10.1. The van der Waals surface area contributed by atoms with Gasteiger partial charge in [-0.25, -0.2) is 0 Å². The molecular weight excluding hydrogens is 384 g/mol. The molecule has 3 aliphatic carbocycles. The molecule has 0 amide bonds. The highest BCUT2D eigenvalue weighted by molar-refractivity contribution is 5.29. The Hall–Kier alpha value is -0.900. The Kier molecular flexibility index (Phi) is 7.61. The Balaban J connectivity index is 1.68. The van der Waals surface area contributed by atoms with Crippen LogP contribution in [0.4, 0.5) is 0 Å². The molecule has 0 saturated heterocycles. The summed E-state index contributed by atoms with van der Waals surface area (Å²) in [6.45, 7) is 18.7. The summed E-state index contributed by atoms with van der Waals surface area (Å²) in [5, 5.41) is 20.3. The molecule has 31 heavy (non-hydrogen) atoms. The van der Waals surface area contributed by atoms with Gasteiger partial charge >= 0.3 is 0 Å². The summed E-state index contributed by atoms with van der Waals surface area (Å²) in [7, 11) is 0. The number of fused-ring (bicyclic) bond motifs is 1. The molecular formula is C28H46O3. The van der Waals surface area contributed by atoms with Crippen molar-refractivity contribution in [2.24, 2.45) is 28.6 Å². The number of allylic oxidation sites excluding steroid dienone is 3. The van der Waals surface area contributed by atoms with Crippen LogP contribution in [0.15, 0.2) is 35.5 Å². The Bertz CT molecular complexity index is 696. The highest BCUT2D eigenvalue weighted by Crippen LogP contribution is 2.58. The number of hydrogen-bond donors (Lipinski definition) is 2. The van der Waals surface area contributed by atoms with Crippen molar-refractivity contribution in [3.63, 3.8) is 0 Å². The van der Waals surface area contributed by atoms with E-state index in [2.05, 4.69) is 60.3 Å². The molecule has 3 fully saturated rings. The highest BCUT2D eigenvalue weighted by atomic mass is 16.5. The SMILES string of the molecule is C=C1[C@H](O)CC(=C/C=C2\CCCC3(C)C2CCC3[C@@H](C)OC[C@H](C)C(C)(C)C)C[C@H]1O. The van der Waals surface area contributed by atoms with Gasteiger partial charge < -0.3 is 14.9 Å². The van der Waals surface area contributed by atoms with Gasteiger partial charge in [0.25, 0.3) is 0 Å². The van der Waals surface area contributed by atoms with Crippen molar-refractivity contribution in [1.29, 1.82) is 0 Å². The fraction of sp³-hybridized carbons (Fsp3) is 0.786. The summed E-state index contributed by atoms with van der Waals surface area (Å²) in [6, 6.07) is 0. The predicted octanol–water partition coefficient (Wildman–Crippen LogP) is 6.21. The zero-order valence-electron chi connectivity index (χ0n) is 20.8. The van der Waals surface area contributed by atoms with E-state index in [4.69, 9.17) is 4.74 Å². The van der Waals surface area contributed by atoms with Gasteiger partial charge in [-0.2, -0.15) is 0 Å². The first-order valence-electron chi connectivity index (χ1n) is 12.5. The van der Waals surface area contributed by atoms with E-state index in [-0.39, 0.29) is 5.41 Å². The van der Waals surface area contributed by atoms with Crippen LogP contribution < -0.4 is 0 Å². The number of rotatable bonds is 5. The zero-order chi connectivity index (χ0) is 23.0. The predicted molar refractivity (Wildman–Crippen MR) is 129 cm³/mol. The third-order valence-corrected chi connectivity index (χ3v) is 8.99. The number of ether oxygens (including phenoxy) is 1. The van der Waals surface area contributed by atoms with Crippen molar-refractivity contribution in [2.75, 3.05) is 6.61 Å². The van der Waals surface area contributed by atoms with Crippen molar-refractivity contribution in [3.05, 3.63) is 35.5 Å². The lowest BCUT2D eigenvalue weighted by Gasteiger charge is -2.44. The van der Waals surface area contributed by atoms with Crippen LogP contribution in [0.25, 0.3) is 0 Å². The van der Waals surface area contributed by atoms with Crippen LogP contribution in [0.1, 0.15) is 86.5 Å². The van der Waals surface area contributed by atoms with Gasteiger partial charge in [0.05, 0.1) is 18.3 Å². The minimum Gasteiger partial charge on any atom is -0.388 e. The molecule has 2 N–H and O–H groups in total. The third kappa shape index (κ3) is 5.37. The fourth-order valence-corrected chi connectivity index (χ4v) is 6.14. The second kappa shape index (κ2) is 9.53. The lowest BCUT2D eigenvalue weighted by atomic mass is 9.62. The van der Waals surface area contributed by atoms with E-state index in [1.165, 1.54) is 32.1 Å². The minimum absolute atomic E-state index is 0.280. The maximum Gasteiger partial charge on any atom is 0.0809 e. The van der Waals surface area contributed by atoms with Crippen LogP contribution in [-0.2, 0) is 4.74 Å². The van der Waals surface area contributed by atoms with E-state index in [1.807, 2.05) is 0 Å². The van der Waals surface area contributed by atoms with Gasteiger partial charge in [0.15, 0.2) is 0 Å². The Labute approximate surface area is 190 Å². The Morgan fingerprint density at radius 2 is 1.77 bits per heavy atom. The van der Waals surface area contributed by atoms with Crippen molar-refractivity contribution in [1.82, 2.24) is 0 Å². The number of aliphatic hydroxyl groups is 2. The van der Waals surface area contributed by atoms with Crippen molar-refractivity contribution < 1.29 is 14.9 Å². The Morgan fingerprint density at radius 3 is 2.39 bits per heavy atom. The molecule has 176 valence electrons. The maximum atomic E-state index is 10.1. The number of hydrogen-bond acceptors (Lipinski definition) is 3. The molecule has 3 rings (SSSR count). The molecule has 0 spiro atoms. The van der Waals surface area contributed by atoms with Gasteiger partial charge in [0.1, 0.15) is 0 Å². The second-order valence-electron chi connectivity index (χ2n) is 12.0. The van der Waals surface area contributed by atoms with E-state index >= 15 is 0 Å². The number of aliphatic hydroxyl groups excluding tert-OH is 2. The quantitative estimate of drug-likeness (QED) is 0.509. The van der Waals surface area contributed by atoms with E-state index in [0.29, 0.717) is 47.7 Å². The minimum atomic E-state index is -0.616. The molecule has 3 nitrogen and oxygen atoms in total. The van der Waals surface area contributed by atoms with E-state index in [9.17, 15) is 10.2 Å². The van der Waals surface area contributed by atoms with Gasteiger partial charge in [-0.15, -0.1) is 0 Å². The molecule has 0 heterocycles. The van der Waals surface area contributed by atoms with Crippen LogP contribution >= 0.6 is 0 Å². The average Bonchev–Trinajstić information content (AvgIpc) is 3.05. The first-order chi connectivity index (χ1) is 14.4. The van der Waals surface area contributed by atoms with Crippen LogP contribution in [-0.4, -0.2) is 35.1 Å². The van der Waals surface area contributed by atoms with Gasteiger partial charge in [-0.05, 0) is 86.0 Å². The molecule has 0 aromatic heterocycles. The lowest BCUT2D eigenvalue weighted by molar-refractivity contribution is -0.0478. The summed E-state index contributed by atoms with van der Waals surface area (Å²) in [5.74, 6) is 1.79. The summed E-state index contributed by atoms with van der Waals surface area (Å²) in [6.07, 6.45) is 11.0. The van der Waals surface area contributed by atoms with E-state index in [0.717, 1.165) is 12.2 Å². The molecule has 3 heteroatoms. The van der Waals surface area contributed by atoms with Crippen LogP contribution in [0.3, 0.4) is 0 Å². The van der Waals surface area contributed by atoms with Crippen molar-refractivity contribution in [3.8, 4) is 0 Å². The molecule has 0 aromatic carbocycles. The van der Waals surface area contributed by atoms with Crippen LogP contribution in [0.2, 0.25) is 0 Å². The topological polar surface area (TPSA) is 49.7 Å². The smallest absolute Gasteiger partial charge is 0.0809 e. The molecule has 0 radical (unpaired) electrons. The third-order valence-electron chi connectivity index (χ3n) is 8.99. The first-order valence-corrected chi connectivity index (χ1v) is 12.5. The van der Waals surface area contributed by atoms with Gasteiger partial charge in [-0.1, -0.05) is 64.5 Å². The van der Waals surface area contributed by atoms with Gasteiger partial charge in [0, 0.05) is 6.61 Å². The Morgan fingerprint density at radius 1 is 1.13 bits per heavy atom.